The molecule has 11 rings (SSSR count). The lowest BCUT2D eigenvalue weighted by Crippen LogP contribution is -2.02. The maximum atomic E-state index is 5.30. The number of benzene rings is 8. The predicted octanol–water partition coefficient (Wildman–Crippen LogP) is 14.2. The van der Waals surface area contributed by atoms with E-state index in [0.717, 1.165) is 88.9 Å². The van der Waals surface area contributed by atoms with Crippen molar-refractivity contribution in [3.05, 3.63) is 224 Å². The standard InChI is InChI=1S/C59H41N7/c1-38-35-36-46(39(2)60-38)53-48(44-27-16-28-45(37-44)57-62-54(41-20-6-3-7-21-41)61-55(63-57)42-22-8-4-9-23-42)32-18-33-50(53)49-30-14-15-31-52(49)59-65-56(43-24-10-5-11-25-43)64-58(66-59)51-34-17-26-40-19-12-13-29-47(40)51/h3-37H,1-2H3. The molecule has 0 spiro atoms. The van der Waals surface area contributed by atoms with Crippen LogP contribution in [-0.4, -0.2) is 34.9 Å². The Morgan fingerprint density at radius 2 is 0.682 bits per heavy atom. The Balaban J connectivity index is 1.11. The van der Waals surface area contributed by atoms with E-state index in [1.54, 1.807) is 0 Å². The molecule has 3 heterocycles. The molecule has 0 aliphatic heterocycles. The Bertz CT molecular complexity index is 3490. The quantitative estimate of drug-likeness (QED) is 0.143. The van der Waals surface area contributed by atoms with Gasteiger partial charge in [0.25, 0.3) is 0 Å². The minimum Gasteiger partial charge on any atom is -0.258 e. The van der Waals surface area contributed by atoms with Crippen molar-refractivity contribution in [3.8, 4) is 102 Å². The van der Waals surface area contributed by atoms with Crippen LogP contribution in [0.15, 0.2) is 212 Å². The summed E-state index contributed by atoms with van der Waals surface area (Å²) in [7, 11) is 0. The molecule has 0 bridgehead atoms. The molecule has 0 saturated heterocycles. The smallest absolute Gasteiger partial charge is 0.164 e. The van der Waals surface area contributed by atoms with Gasteiger partial charge in [0.15, 0.2) is 34.9 Å². The average Bonchev–Trinajstić information content (AvgIpc) is 3.39. The van der Waals surface area contributed by atoms with E-state index in [2.05, 4.69) is 128 Å². The molecule has 0 saturated carbocycles. The van der Waals surface area contributed by atoms with Crippen molar-refractivity contribution in [2.75, 3.05) is 0 Å². The van der Waals surface area contributed by atoms with Gasteiger partial charge >= 0.3 is 0 Å². The average molecular weight is 848 g/mol. The summed E-state index contributed by atoms with van der Waals surface area (Å²) in [4.78, 5) is 35.7. The maximum absolute atomic E-state index is 5.30. The molecule has 0 fully saturated rings. The molecule has 3 aromatic heterocycles. The van der Waals surface area contributed by atoms with Gasteiger partial charge in [0.05, 0.1) is 0 Å². The zero-order chi connectivity index (χ0) is 44.4. The highest BCUT2D eigenvalue weighted by atomic mass is 15.0. The van der Waals surface area contributed by atoms with Crippen molar-refractivity contribution >= 4 is 10.8 Å². The van der Waals surface area contributed by atoms with Crippen molar-refractivity contribution in [1.82, 2.24) is 34.9 Å². The first kappa shape index (κ1) is 40.0. The van der Waals surface area contributed by atoms with Crippen LogP contribution in [0, 0.1) is 13.8 Å². The van der Waals surface area contributed by atoms with Crippen LogP contribution in [0.5, 0.6) is 0 Å². The molecule has 11 aromatic rings. The Labute approximate surface area is 383 Å². The molecule has 0 amide bonds. The van der Waals surface area contributed by atoms with Gasteiger partial charge < -0.3 is 0 Å². The first-order valence-electron chi connectivity index (χ1n) is 22.0. The van der Waals surface area contributed by atoms with Crippen LogP contribution in [0.25, 0.3) is 112 Å². The molecule has 0 N–H and O–H groups in total. The monoisotopic (exact) mass is 847 g/mol. The van der Waals surface area contributed by atoms with Gasteiger partial charge in [-0.1, -0.05) is 200 Å². The van der Waals surface area contributed by atoms with E-state index >= 15 is 0 Å². The summed E-state index contributed by atoms with van der Waals surface area (Å²) in [6.07, 6.45) is 0. The van der Waals surface area contributed by atoms with E-state index in [-0.39, 0.29) is 0 Å². The van der Waals surface area contributed by atoms with Crippen LogP contribution in [0.2, 0.25) is 0 Å². The number of aryl methyl sites for hydroxylation is 2. The van der Waals surface area contributed by atoms with E-state index in [0.29, 0.717) is 34.9 Å². The normalized spacial score (nSPS) is 11.2. The Kier molecular flexibility index (Phi) is 10.5. The van der Waals surface area contributed by atoms with Crippen molar-refractivity contribution < 1.29 is 0 Å². The molecule has 0 radical (unpaired) electrons. The zero-order valence-corrected chi connectivity index (χ0v) is 36.3. The lowest BCUT2D eigenvalue weighted by Gasteiger charge is -2.20. The van der Waals surface area contributed by atoms with E-state index in [1.165, 1.54) is 0 Å². The van der Waals surface area contributed by atoms with E-state index in [9.17, 15) is 0 Å². The van der Waals surface area contributed by atoms with Crippen LogP contribution in [0.4, 0.5) is 0 Å². The van der Waals surface area contributed by atoms with Crippen LogP contribution < -0.4 is 0 Å². The highest BCUT2D eigenvalue weighted by molar-refractivity contribution is 5.99. The Morgan fingerprint density at radius 3 is 1.33 bits per heavy atom. The molecule has 7 heteroatoms. The number of hydrogen-bond donors (Lipinski definition) is 0. The van der Waals surface area contributed by atoms with E-state index in [4.69, 9.17) is 34.9 Å². The van der Waals surface area contributed by atoms with Gasteiger partial charge in [-0.2, -0.15) is 0 Å². The number of hydrogen-bond acceptors (Lipinski definition) is 7. The molecule has 66 heavy (non-hydrogen) atoms. The van der Waals surface area contributed by atoms with Crippen LogP contribution >= 0.6 is 0 Å². The second kappa shape index (κ2) is 17.4. The second-order valence-corrected chi connectivity index (χ2v) is 16.2. The van der Waals surface area contributed by atoms with E-state index < -0.39 is 0 Å². The number of aromatic nitrogens is 7. The van der Waals surface area contributed by atoms with Crippen molar-refractivity contribution in [2.24, 2.45) is 0 Å². The van der Waals surface area contributed by atoms with Crippen LogP contribution in [0.1, 0.15) is 11.4 Å². The lowest BCUT2D eigenvalue weighted by molar-refractivity contribution is 1.07. The summed E-state index contributed by atoms with van der Waals surface area (Å²) in [5, 5.41) is 2.20. The Morgan fingerprint density at radius 1 is 0.258 bits per heavy atom. The summed E-state index contributed by atoms with van der Waals surface area (Å²) < 4.78 is 0. The minimum atomic E-state index is 0.581. The first-order chi connectivity index (χ1) is 32.5. The molecule has 8 aromatic carbocycles. The fourth-order valence-electron chi connectivity index (χ4n) is 8.69. The first-order valence-corrected chi connectivity index (χ1v) is 22.0. The van der Waals surface area contributed by atoms with Crippen molar-refractivity contribution in [3.63, 3.8) is 0 Å². The van der Waals surface area contributed by atoms with Crippen molar-refractivity contribution in [1.29, 1.82) is 0 Å². The number of fused-ring (bicyclic) bond motifs is 1. The van der Waals surface area contributed by atoms with Gasteiger partial charge in [-0.05, 0) is 64.6 Å². The summed E-state index contributed by atoms with van der Waals surface area (Å²) in [6.45, 7) is 4.12. The van der Waals surface area contributed by atoms with Crippen LogP contribution in [-0.2, 0) is 0 Å². The summed E-state index contributed by atoms with van der Waals surface area (Å²) >= 11 is 0. The minimum absolute atomic E-state index is 0.581. The van der Waals surface area contributed by atoms with Crippen molar-refractivity contribution in [2.45, 2.75) is 13.8 Å². The summed E-state index contributed by atoms with van der Waals surface area (Å²) in [6, 6.07) is 72.5. The van der Waals surface area contributed by atoms with Gasteiger partial charge in [0, 0.05) is 50.3 Å². The highest BCUT2D eigenvalue weighted by Crippen LogP contribution is 2.44. The largest absolute Gasteiger partial charge is 0.258 e. The van der Waals surface area contributed by atoms with Crippen LogP contribution in [0.3, 0.4) is 0 Å². The zero-order valence-electron chi connectivity index (χ0n) is 36.3. The molecular weight excluding hydrogens is 807 g/mol. The molecule has 0 aliphatic rings. The number of pyridine rings is 1. The van der Waals surface area contributed by atoms with Gasteiger partial charge in [0.2, 0.25) is 0 Å². The molecule has 0 aliphatic carbocycles. The SMILES string of the molecule is Cc1ccc(-c2c(-c3cccc(-c4nc(-c5ccccc5)nc(-c5ccccc5)n4)c3)cccc2-c2ccccc2-c2nc(-c3ccccc3)nc(-c3cccc4ccccc34)n2)c(C)n1. The van der Waals surface area contributed by atoms with Gasteiger partial charge in [-0.15, -0.1) is 0 Å². The predicted molar refractivity (Wildman–Crippen MR) is 267 cm³/mol. The molecule has 7 nitrogen and oxygen atoms in total. The van der Waals surface area contributed by atoms with Gasteiger partial charge in [-0.3, -0.25) is 4.98 Å². The molecule has 0 unspecified atom stereocenters. The highest BCUT2D eigenvalue weighted by Gasteiger charge is 2.22. The molecule has 0 atom stereocenters. The summed E-state index contributed by atoms with van der Waals surface area (Å²) in [5.74, 6) is 3.61. The number of rotatable bonds is 9. The fourth-order valence-corrected chi connectivity index (χ4v) is 8.69. The second-order valence-electron chi connectivity index (χ2n) is 16.2. The van der Waals surface area contributed by atoms with Gasteiger partial charge in [-0.25, -0.2) is 29.9 Å². The molecular formula is C59H41N7. The fraction of sp³-hybridized carbons (Fsp3) is 0.0339. The van der Waals surface area contributed by atoms with E-state index in [1.807, 2.05) is 97.9 Å². The third kappa shape index (κ3) is 7.80. The lowest BCUT2D eigenvalue weighted by atomic mass is 9.85. The maximum Gasteiger partial charge on any atom is 0.164 e. The topological polar surface area (TPSA) is 90.2 Å². The molecule has 312 valence electrons. The summed E-state index contributed by atoms with van der Waals surface area (Å²) in [5.41, 5.74) is 13.5. The third-order valence-corrected chi connectivity index (χ3v) is 11.8. The number of nitrogens with zero attached hydrogens (tertiary/aromatic N) is 7. The van der Waals surface area contributed by atoms with Gasteiger partial charge in [0.1, 0.15) is 0 Å². The third-order valence-electron chi connectivity index (χ3n) is 11.8. The Hall–Kier alpha value is -8.81.